The first-order valence-electron chi connectivity index (χ1n) is 8.93. The molecule has 0 amide bonds. The van der Waals surface area contributed by atoms with E-state index in [1.54, 1.807) is 0 Å². The minimum Gasteiger partial charge on any atom is -0.307 e. The first-order valence-corrected chi connectivity index (χ1v) is 8.93. The molecule has 0 unspecified atom stereocenters. The van der Waals surface area contributed by atoms with E-state index in [-0.39, 0.29) is 5.54 Å². The van der Waals surface area contributed by atoms with Crippen molar-refractivity contribution >= 4 is 0 Å². The van der Waals surface area contributed by atoms with Gasteiger partial charge in [-0.05, 0) is 60.9 Å². The topological polar surface area (TPSA) is 12.0 Å². The molecule has 0 aromatic heterocycles. The number of hydrogen-bond donors (Lipinski definition) is 1. The van der Waals surface area contributed by atoms with Crippen molar-refractivity contribution in [3.63, 3.8) is 0 Å². The van der Waals surface area contributed by atoms with Crippen LogP contribution in [0.5, 0.6) is 0 Å². The third-order valence-electron chi connectivity index (χ3n) is 5.55. The zero-order chi connectivity index (χ0) is 16.4. The van der Waals surface area contributed by atoms with Gasteiger partial charge in [-0.1, -0.05) is 68.8 Å². The van der Waals surface area contributed by atoms with Crippen LogP contribution in [0.2, 0.25) is 0 Å². The molecule has 0 saturated heterocycles. The van der Waals surface area contributed by atoms with Crippen molar-refractivity contribution in [2.24, 2.45) is 5.92 Å². The van der Waals surface area contributed by atoms with Crippen molar-refractivity contribution in [3.8, 4) is 0 Å². The average Bonchev–Trinajstić information content (AvgIpc) is 2.68. The lowest BCUT2D eigenvalue weighted by molar-refractivity contribution is 0.476. The van der Waals surface area contributed by atoms with Crippen LogP contribution >= 0.6 is 0 Å². The Hall–Kier alpha value is -1.60. The van der Waals surface area contributed by atoms with Gasteiger partial charge >= 0.3 is 0 Å². The third kappa shape index (κ3) is 2.95. The summed E-state index contributed by atoms with van der Waals surface area (Å²) in [5.41, 5.74) is 5.79. The zero-order valence-corrected chi connectivity index (χ0v) is 14.9. The van der Waals surface area contributed by atoms with E-state index in [0.29, 0.717) is 5.92 Å². The van der Waals surface area contributed by atoms with Gasteiger partial charge in [0.15, 0.2) is 0 Å². The van der Waals surface area contributed by atoms with Crippen LogP contribution in [0.4, 0.5) is 0 Å². The van der Waals surface area contributed by atoms with Crippen molar-refractivity contribution in [2.45, 2.75) is 51.5 Å². The molecule has 1 heteroatoms. The Morgan fingerprint density at radius 1 is 1.04 bits per heavy atom. The fourth-order valence-electron chi connectivity index (χ4n) is 4.08. The van der Waals surface area contributed by atoms with Gasteiger partial charge in [0.1, 0.15) is 0 Å². The molecule has 1 N–H and O–H groups in total. The Bertz CT molecular complexity index is 673. The summed E-state index contributed by atoms with van der Waals surface area (Å²) in [5.74, 6) is 1.38. The number of rotatable bonds is 4. The van der Waals surface area contributed by atoms with Crippen molar-refractivity contribution in [2.75, 3.05) is 7.05 Å². The van der Waals surface area contributed by atoms with Gasteiger partial charge in [-0.2, -0.15) is 0 Å². The molecule has 0 saturated carbocycles. The van der Waals surface area contributed by atoms with E-state index < -0.39 is 0 Å². The van der Waals surface area contributed by atoms with Crippen LogP contribution in [0, 0.1) is 5.92 Å². The highest BCUT2D eigenvalue weighted by Gasteiger charge is 2.36. The number of nitrogens with one attached hydrogen (secondary N) is 1. The van der Waals surface area contributed by atoms with Crippen LogP contribution in [-0.2, 0) is 12.0 Å². The molecule has 0 fully saturated rings. The maximum absolute atomic E-state index is 3.62. The maximum atomic E-state index is 3.62. The second kappa shape index (κ2) is 6.49. The third-order valence-corrected chi connectivity index (χ3v) is 5.55. The van der Waals surface area contributed by atoms with Gasteiger partial charge in [0, 0.05) is 0 Å². The highest BCUT2D eigenvalue weighted by atomic mass is 14.9. The number of benzene rings is 2. The zero-order valence-electron chi connectivity index (χ0n) is 14.9. The number of hydrogen-bond acceptors (Lipinski definition) is 1. The molecule has 23 heavy (non-hydrogen) atoms. The predicted octanol–water partition coefficient (Wildman–Crippen LogP) is 5.25. The van der Waals surface area contributed by atoms with E-state index in [1.807, 2.05) is 0 Å². The quantitative estimate of drug-likeness (QED) is 0.814. The Labute approximate surface area is 141 Å². The van der Waals surface area contributed by atoms with Crippen LogP contribution in [0.15, 0.2) is 48.5 Å². The van der Waals surface area contributed by atoms with Crippen LogP contribution in [0.25, 0.3) is 0 Å². The molecule has 0 aliphatic heterocycles. The fourth-order valence-corrected chi connectivity index (χ4v) is 4.08. The second-order valence-corrected chi connectivity index (χ2v) is 7.49. The Morgan fingerprint density at radius 3 is 2.39 bits per heavy atom. The van der Waals surface area contributed by atoms with Gasteiger partial charge in [0.25, 0.3) is 0 Å². The molecule has 0 spiro atoms. The van der Waals surface area contributed by atoms with E-state index in [4.69, 9.17) is 0 Å². The van der Waals surface area contributed by atoms with Crippen LogP contribution in [-0.4, -0.2) is 7.05 Å². The van der Waals surface area contributed by atoms with Gasteiger partial charge in [0.2, 0.25) is 0 Å². The summed E-state index contributed by atoms with van der Waals surface area (Å²) in [5, 5.41) is 3.62. The highest BCUT2D eigenvalue weighted by Crippen LogP contribution is 2.42. The molecule has 3 rings (SSSR count). The largest absolute Gasteiger partial charge is 0.307 e. The molecule has 1 nitrogen and oxygen atoms in total. The summed E-state index contributed by atoms with van der Waals surface area (Å²) < 4.78 is 0. The first-order chi connectivity index (χ1) is 11.1. The van der Waals surface area contributed by atoms with Gasteiger partial charge in [0.05, 0.1) is 5.54 Å². The summed E-state index contributed by atoms with van der Waals surface area (Å²) in [7, 11) is 2.09. The Kier molecular flexibility index (Phi) is 4.59. The molecule has 2 aromatic rings. The Morgan fingerprint density at radius 2 is 1.70 bits per heavy atom. The van der Waals surface area contributed by atoms with Crippen LogP contribution in [0.1, 0.15) is 61.8 Å². The number of fused-ring (bicyclic) bond motifs is 2. The van der Waals surface area contributed by atoms with Crippen LogP contribution < -0.4 is 5.32 Å². The average molecular weight is 307 g/mol. The SMILES string of the molecule is CN[C@]1(C)c2ccccc2C[C@H](CCC(C)C)c2ccccc21. The Balaban J connectivity index is 2.15. The van der Waals surface area contributed by atoms with Gasteiger partial charge < -0.3 is 5.32 Å². The highest BCUT2D eigenvalue weighted by molar-refractivity contribution is 5.50. The minimum atomic E-state index is -0.111. The molecule has 0 heterocycles. The van der Waals surface area contributed by atoms with Crippen molar-refractivity contribution in [1.82, 2.24) is 5.32 Å². The molecular formula is C22H29N. The molecule has 0 radical (unpaired) electrons. The fraction of sp³-hybridized carbons (Fsp3) is 0.455. The first kappa shape index (κ1) is 16.3. The van der Waals surface area contributed by atoms with Gasteiger partial charge in [-0.3, -0.25) is 0 Å². The van der Waals surface area contributed by atoms with Crippen molar-refractivity contribution in [1.29, 1.82) is 0 Å². The lowest BCUT2D eigenvalue weighted by Gasteiger charge is -2.32. The molecule has 0 bridgehead atoms. The van der Waals surface area contributed by atoms with Gasteiger partial charge in [-0.15, -0.1) is 0 Å². The monoisotopic (exact) mass is 307 g/mol. The summed E-state index contributed by atoms with van der Waals surface area (Å²) in [6.07, 6.45) is 3.71. The summed E-state index contributed by atoms with van der Waals surface area (Å²) in [6.45, 7) is 6.98. The van der Waals surface area contributed by atoms with E-state index in [1.165, 1.54) is 35.1 Å². The van der Waals surface area contributed by atoms with Crippen molar-refractivity contribution in [3.05, 3.63) is 70.8 Å². The summed E-state index contributed by atoms with van der Waals surface area (Å²) in [4.78, 5) is 0. The summed E-state index contributed by atoms with van der Waals surface area (Å²) in [6, 6.07) is 18.0. The molecule has 1 aliphatic carbocycles. The normalized spacial score (nSPS) is 23.3. The molecule has 2 aromatic carbocycles. The van der Waals surface area contributed by atoms with E-state index in [2.05, 4.69) is 81.7 Å². The summed E-state index contributed by atoms with van der Waals surface area (Å²) >= 11 is 0. The molecule has 2 atom stereocenters. The van der Waals surface area contributed by atoms with E-state index >= 15 is 0 Å². The van der Waals surface area contributed by atoms with E-state index in [0.717, 1.165) is 12.3 Å². The van der Waals surface area contributed by atoms with Gasteiger partial charge in [-0.25, -0.2) is 0 Å². The molecule has 1 aliphatic rings. The lowest BCUT2D eigenvalue weighted by Crippen LogP contribution is -2.38. The maximum Gasteiger partial charge on any atom is 0.0664 e. The smallest absolute Gasteiger partial charge is 0.0664 e. The molecular weight excluding hydrogens is 278 g/mol. The van der Waals surface area contributed by atoms with E-state index in [9.17, 15) is 0 Å². The van der Waals surface area contributed by atoms with Crippen molar-refractivity contribution < 1.29 is 0 Å². The second-order valence-electron chi connectivity index (χ2n) is 7.49. The minimum absolute atomic E-state index is 0.111. The predicted molar refractivity (Wildman–Crippen MR) is 98.9 cm³/mol. The lowest BCUT2D eigenvalue weighted by atomic mass is 9.81. The molecule has 122 valence electrons. The van der Waals surface area contributed by atoms with Crippen LogP contribution in [0.3, 0.4) is 0 Å². The standard InChI is InChI=1S/C22H29N/c1-16(2)13-14-17-15-18-9-5-7-11-20(18)22(3,23-4)21-12-8-6-10-19(17)21/h5-12,16-17,23H,13-15H2,1-4H3/t17-,22+/m0/s1.